The minimum absolute atomic E-state index is 0. The zero-order chi connectivity index (χ0) is 46.0. The molecule has 0 aromatic carbocycles. The summed E-state index contributed by atoms with van der Waals surface area (Å²) >= 11 is 0. The summed E-state index contributed by atoms with van der Waals surface area (Å²) in [7, 11) is 0. The predicted molar refractivity (Wildman–Crippen MR) is 222 cm³/mol. The normalized spacial score (nSPS) is 11.0. The van der Waals surface area contributed by atoms with Gasteiger partial charge in [0.15, 0.2) is 11.6 Å². The Bertz CT molecular complexity index is 2400. The molecule has 0 saturated carbocycles. The maximum atomic E-state index is 12.5. The molecule has 8 heterocycles. The number of unbranched alkanes of at least 4 members (excludes halogenated alkanes) is 4. The van der Waals surface area contributed by atoms with Gasteiger partial charge in [0.25, 0.3) is 0 Å². The molecule has 344 valence electrons. The first-order chi connectivity index (χ1) is 30.7. The van der Waals surface area contributed by atoms with Crippen molar-refractivity contribution < 1.29 is 47.4 Å². The third-order valence-electron chi connectivity index (χ3n) is 8.66. The Morgan fingerprint density at radius 1 is 0.523 bits per heavy atom. The molecule has 0 amide bonds. The molecule has 0 spiro atoms. The van der Waals surface area contributed by atoms with E-state index in [9.17, 15) is 26.3 Å². The van der Waals surface area contributed by atoms with Crippen molar-refractivity contribution in [1.29, 1.82) is 0 Å². The fourth-order valence-electron chi connectivity index (χ4n) is 5.48. The summed E-state index contributed by atoms with van der Waals surface area (Å²) < 4.78 is 74.8. The van der Waals surface area contributed by atoms with Gasteiger partial charge in [-0.05, 0) is 111 Å². The fraction of sp³-hybridized carbons (Fsp3) is 0.333. The van der Waals surface area contributed by atoms with Crippen LogP contribution in [0, 0.1) is 13.8 Å². The van der Waals surface area contributed by atoms with Gasteiger partial charge in [-0.15, -0.1) is 0 Å². The Morgan fingerprint density at radius 2 is 1.00 bits per heavy atom. The summed E-state index contributed by atoms with van der Waals surface area (Å²) in [6, 6.07) is 17.8. The summed E-state index contributed by atoms with van der Waals surface area (Å²) in [4.78, 5) is 31.1. The van der Waals surface area contributed by atoms with Crippen molar-refractivity contribution in [3.63, 3.8) is 0 Å². The molecule has 0 aliphatic heterocycles. The van der Waals surface area contributed by atoms with E-state index >= 15 is 0 Å². The van der Waals surface area contributed by atoms with Crippen molar-refractivity contribution >= 4 is 0 Å². The van der Waals surface area contributed by atoms with Crippen LogP contribution in [0.4, 0.5) is 26.3 Å². The number of hydrogen-bond donors (Lipinski definition) is 2. The molecular weight excluding hydrogens is 1040 g/mol. The van der Waals surface area contributed by atoms with Gasteiger partial charge in [-0.1, -0.05) is 51.7 Å². The first kappa shape index (κ1) is 51.1. The van der Waals surface area contributed by atoms with Gasteiger partial charge < -0.3 is 20.2 Å². The van der Waals surface area contributed by atoms with Crippen molar-refractivity contribution in [2.45, 2.75) is 91.4 Å². The number of nitrogens with zero attached hydrogens (tertiary/aromatic N) is 14. The van der Waals surface area contributed by atoms with E-state index in [4.69, 9.17) is 0 Å². The molecule has 23 heteroatoms. The first-order valence-corrected chi connectivity index (χ1v) is 20.1. The maximum absolute atomic E-state index is 12.5. The molecule has 0 radical (unpaired) electrons. The van der Waals surface area contributed by atoms with Gasteiger partial charge in [-0.25, -0.2) is 19.9 Å². The van der Waals surface area contributed by atoms with Crippen molar-refractivity contribution in [1.82, 2.24) is 80.7 Å². The van der Waals surface area contributed by atoms with Gasteiger partial charge in [-0.2, -0.15) is 36.5 Å². The Kier molecular flexibility index (Phi) is 19.7. The Labute approximate surface area is 384 Å². The molecule has 0 aliphatic carbocycles. The van der Waals surface area contributed by atoms with E-state index in [1.54, 1.807) is 38.1 Å². The molecule has 0 atom stereocenters. The molecule has 0 aliphatic rings. The SMILES string of the molecule is CCCCCc1ccncc1.CCCCCc1ccncc1.Cc1n[n-]c(-c2cccc(-c3nc(C(F)(F)F)n[n-]3)n2)n1.Cc1nc(-c2cccc(-c3n[nH]c(C(F)(F)F)n3)n2)n[nH]1.[Pt+2]. The second-order valence-electron chi connectivity index (χ2n) is 13.8. The smallest absolute Gasteiger partial charge is 0.421 e. The second-order valence-corrected chi connectivity index (χ2v) is 13.8. The first-order valence-electron chi connectivity index (χ1n) is 20.1. The van der Waals surface area contributed by atoms with Crippen LogP contribution in [-0.4, -0.2) is 70.5 Å². The number of aryl methyl sites for hydroxylation is 4. The molecule has 8 aromatic heterocycles. The van der Waals surface area contributed by atoms with E-state index in [0.29, 0.717) is 28.9 Å². The average molecular weight is 1080 g/mol. The number of hydrogen-bond acceptors (Lipinski definition) is 12. The molecule has 0 unspecified atom stereocenters. The molecule has 0 bridgehead atoms. The summed E-state index contributed by atoms with van der Waals surface area (Å²) in [6.07, 6.45) is 8.52. The molecule has 0 fully saturated rings. The van der Waals surface area contributed by atoms with E-state index in [0.717, 1.165) is 0 Å². The number of H-pyrrole nitrogens is 2. The van der Waals surface area contributed by atoms with Gasteiger partial charge in [0.1, 0.15) is 23.0 Å². The van der Waals surface area contributed by atoms with Gasteiger partial charge in [0.2, 0.25) is 5.82 Å². The number of pyridine rings is 4. The van der Waals surface area contributed by atoms with Crippen LogP contribution in [0.2, 0.25) is 0 Å². The molecule has 2 N–H and O–H groups in total. The van der Waals surface area contributed by atoms with Crippen LogP contribution < -0.4 is 10.2 Å². The van der Waals surface area contributed by atoms with Crippen molar-refractivity contribution in [3.05, 3.63) is 120 Å². The van der Waals surface area contributed by atoms with Crippen LogP contribution in [0.3, 0.4) is 0 Å². The summed E-state index contributed by atoms with van der Waals surface area (Å²) in [5, 5.41) is 25.9. The van der Waals surface area contributed by atoms with E-state index in [-0.39, 0.29) is 49.9 Å². The molecule has 16 nitrogen and oxygen atoms in total. The standard InChI is InChI=1S/C11H8F3N7.C11H6F3N7.2C10H15N.Pt/c2*1-5-15-8(19-18-5)6-3-2-4-7(16-6)9-17-10(21-20-9)11(12,13)14;2*1-2-3-4-5-10-6-8-11-9-7-10;/h2-4H,1H3,(H,15,18,19)(H,17,20,21);2-4H,1H3;2*6-9H,2-5H2,1H3;/q;-2;;;+2. The van der Waals surface area contributed by atoms with Crippen LogP contribution in [-0.2, 0) is 46.3 Å². The van der Waals surface area contributed by atoms with E-state index in [1.807, 2.05) is 29.9 Å². The van der Waals surface area contributed by atoms with Crippen LogP contribution in [0.15, 0.2) is 85.5 Å². The predicted octanol–water partition coefficient (Wildman–Crippen LogP) is 8.84. The monoisotopic (exact) mass is 1080 g/mol. The Balaban J connectivity index is 0.000000198. The molecule has 8 rings (SSSR count). The van der Waals surface area contributed by atoms with Crippen LogP contribution in [0.25, 0.3) is 46.1 Å². The van der Waals surface area contributed by atoms with E-state index in [2.05, 4.69) is 114 Å². The molecule has 0 saturated heterocycles. The fourth-order valence-corrected chi connectivity index (χ4v) is 5.48. The van der Waals surface area contributed by atoms with E-state index < -0.39 is 24.0 Å². The molecule has 65 heavy (non-hydrogen) atoms. The van der Waals surface area contributed by atoms with Gasteiger partial charge in [0.05, 0.1) is 11.4 Å². The third-order valence-corrected chi connectivity index (χ3v) is 8.66. The van der Waals surface area contributed by atoms with Gasteiger partial charge in [-0.3, -0.25) is 30.4 Å². The number of rotatable bonds is 12. The van der Waals surface area contributed by atoms with Crippen molar-refractivity contribution in [2.24, 2.45) is 0 Å². The van der Waals surface area contributed by atoms with Crippen molar-refractivity contribution in [3.8, 4) is 46.1 Å². The van der Waals surface area contributed by atoms with Crippen LogP contribution in [0.1, 0.15) is 86.8 Å². The van der Waals surface area contributed by atoms with Crippen LogP contribution >= 0.6 is 0 Å². The number of alkyl halides is 6. The number of halogens is 6. The topological polar surface area (TPSA) is 214 Å². The minimum Gasteiger partial charge on any atom is -0.421 e. The summed E-state index contributed by atoms with van der Waals surface area (Å²) in [5.41, 5.74) is 3.95. The zero-order valence-corrected chi connectivity index (χ0v) is 37.9. The second kappa shape index (κ2) is 25.1. The number of nitrogens with one attached hydrogen (secondary N) is 2. The maximum Gasteiger partial charge on any atom is 2.00 e. The van der Waals surface area contributed by atoms with Gasteiger partial charge in [0, 0.05) is 30.6 Å². The van der Waals surface area contributed by atoms with E-state index in [1.165, 1.54) is 74.6 Å². The number of aromatic amines is 2. The Hall–Kier alpha value is -6.57. The number of aromatic nitrogens is 16. The van der Waals surface area contributed by atoms with Crippen molar-refractivity contribution in [2.75, 3.05) is 0 Å². The van der Waals surface area contributed by atoms with Gasteiger partial charge >= 0.3 is 33.4 Å². The Morgan fingerprint density at radius 3 is 1.43 bits per heavy atom. The summed E-state index contributed by atoms with van der Waals surface area (Å²) in [6.45, 7) is 7.85. The summed E-state index contributed by atoms with van der Waals surface area (Å²) in [5.74, 6) is -1.11. The molecular formula is C42H44F6N16Pt. The quantitative estimate of drug-likeness (QED) is 0.0864. The third kappa shape index (κ3) is 16.5. The van der Waals surface area contributed by atoms with Crippen LogP contribution in [0.5, 0.6) is 0 Å². The minimum atomic E-state index is -4.64. The average Bonchev–Trinajstić information content (AvgIpc) is 4.14. The zero-order valence-electron chi connectivity index (χ0n) is 35.6. The largest absolute Gasteiger partial charge is 2.00 e. The molecule has 8 aromatic rings.